The van der Waals surface area contributed by atoms with Crippen molar-refractivity contribution in [2.24, 2.45) is 5.73 Å². The molecule has 0 saturated carbocycles. The van der Waals surface area contributed by atoms with E-state index in [0.717, 1.165) is 0 Å². The molecule has 1 aliphatic rings. The van der Waals surface area contributed by atoms with Gasteiger partial charge in [0.1, 0.15) is 11.6 Å². The van der Waals surface area contributed by atoms with Crippen LogP contribution in [-0.4, -0.2) is 58.5 Å². The molecule has 0 spiro atoms. The number of likely N-dealkylation sites (tertiary alicyclic amines) is 1. The van der Waals surface area contributed by atoms with Crippen LogP contribution in [0.1, 0.15) is 30.8 Å². The monoisotopic (exact) mass is 330 g/mol. The third-order valence-electron chi connectivity index (χ3n) is 4.53. The zero-order chi connectivity index (χ0) is 17.3. The minimum absolute atomic E-state index is 0.0647. The van der Waals surface area contributed by atoms with Gasteiger partial charge in [0.25, 0.3) is 5.91 Å². The van der Waals surface area contributed by atoms with Crippen molar-refractivity contribution in [2.75, 3.05) is 19.6 Å². The van der Waals surface area contributed by atoms with E-state index in [2.05, 4.69) is 5.16 Å². The Morgan fingerprint density at radius 1 is 1.33 bits per heavy atom. The number of rotatable bonds is 4. The molecule has 0 unspecified atom stereocenters. The number of carbonyl (C=O) groups excluding carboxylic acids is 2. The van der Waals surface area contributed by atoms with Crippen LogP contribution in [0.2, 0.25) is 0 Å². The maximum absolute atomic E-state index is 12.9. The van der Waals surface area contributed by atoms with Crippen molar-refractivity contribution in [3.05, 3.63) is 30.0 Å². The van der Waals surface area contributed by atoms with Crippen LogP contribution in [0.4, 0.5) is 0 Å². The predicted molar refractivity (Wildman–Crippen MR) is 89.4 cm³/mol. The second-order valence-corrected chi connectivity index (χ2v) is 6.01. The lowest BCUT2D eigenvalue weighted by Crippen LogP contribution is -2.47. The molecule has 1 aromatic carbocycles. The van der Waals surface area contributed by atoms with Crippen molar-refractivity contribution in [3.63, 3.8) is 0 Å². The molecular formula is C17H22N4O3. The summed E-state index contributed by atoms with van der Waals surface area (Å²) in [5, 5.41) is 4.57. The molecular weight excluding hydrogens is 308 g/mol. The molecule has 128 valence electrons. The van der Waals surface area contributed by atoms with Crippen LogP contribution in [0.25, 0.3) is 10.9 Å². The number of benzene rings is 1. The summed E-state index contributed by atoms with van der Waals surface area (Å²) in [7, 11) is 0. The van der Waals surface area contributed by atoms with Crippen LogP contribution < -0.4 is 5.73 Å². The molecule has 7 nitrogen and oxygen atoms in total. The summed E-state index contributed by atoms with van der Waals surface area (Å²) >= 11 is 0. The van der Waals surface area contributed by atoms with Gasteiger partial charge in [0.15, 0.2) is 0 Å². The van der Waals surface area contributed by atoms with Crippen molar-refractivity contribution in [1.29, 1.82) is 0 Å². The molecule has 3 rings (SSSR count). The molecule has 2 aromatic rings. The fourth-order valence-corrected chi connectivity index (χ4v) is 3.25. The van der Waals surface area contributed by atoms with Crippen LogP contribution >= 0.6 is 0 Å². The van der Waals surface area contributed by atoms with Crippen molar-refractivity contribution in [1.82, 2.24) is 15.0 Å². The molecule has 1 aromatic heterocycles. The van der Waals surface area contributed by atoms with Gasteiger partial charge < -0.3 is 20.1 Å². The first-order valence-electron chi connectivity index (χ1n) is 8.26. The first-order chi connectivity index (χ1) is 11.6. The Morgan fingerprint density at radius 3 is 2.75 bits per heavy atom. The molecule has 7 heteroatoms. The average molecular weight is 330 g/mol. The zero-order valence-electron chi connectivity index (χ0n) is 13.9. The van der Waals surface area contributed by atoms with E-state index in [0.29, 0.717) is 37.0 Å². The molecule has 1 saturated heterocycles. The third kappa shape index (κ3) is 2.75. The Labute approximate surface area is 140 Å². The molecule has 1 aliphatic heterocycles. The first kappa shape index (κ1) is 16.4. The van der Waals surface area contributed by atoms with E-state index in [4.69, 9.17) is 10.3 Å². The number of hydrogen-bond acceptors (Lipinski definition) is 5. The van der Waals surface area contributed by atoms with Gasteiger partial charge in [-0.25, -0.2) is 0 Å². The van der Waals surface area contributed by atoms with Crippen LogP contribution in [0.15, 0.2) is 28.8 Å². The lowest BCUT2D eigenvalue weighted by atomic mass is 10.1. The number of nitrogens with zero attached hydrogens (tertiary/aromatic N) is 3. The zero-order valence-corrected chi connectivity index (χ0v) is 13.9. The number of fused-ring (bicyclic) bond motifs is 1. The van der Waals surface area contributed by atoms with E-state index < -0.39 is 6.04 Å². The summed E-state index contributed by atoms with van der Waals surface area (Å²) in [6.45, 7) is 5.40. The smallest absolute Gasteiger partial charge is 0.293 e. The van der Waals surface area contributed by atoms with Gasteiger partial charge in [-0.3, -0.25) is 9.59 Å². The van der Waals surface area contributed by atoms with Crippen molar-refractivity contribution >= 4 is 22.7 Å². The number of nitrogens with two attached hydrogens (primary N) is 1. The van der Waals surface area contributed by atoms with Crippen molar-refractivity contribution in [2.45, 2.75) is 32.4 Å². The summed E-state index contributed by atoms with van der Waals surface area (Å²) in [6.07, 6.45) is 0.465. The number of amides is 2. The van der Waals surface area contributed by atoms with Gasteiger partial charge in [-0.15, -0.1) is 0 Å². The minimum atomic E-state index is -0.545. The molecule has 2 amide bonds. The number of likely N-dealkylation sites (N-methyl/N-ethyl adjacent to an activating group) is 1. The molecule has 1 fully saturated rings. The second kappa shape index (κ2) is 6.60. The summed E-state index contributed by atoms with van der Waals surface area (Å²) in [5.74, 6) is -0.232. The molecule has 0 radical (unpaired) electrons. The van der Waals surface area contributed by atoms with Gasteiger partial charge in [0.05, 0.1) is 5.39 Å². The molecule has 2 heterocycles. The Bertz CT molecular complexity index is 753. The largest absolute Gasteiger partial charge is 0.350 e. The summed E-state index contributed by atoms with van der Waals surface area (Å²) in [4.78, 5) is 28.9. The van der Waals surface area contributed by atoms with Crippen LogP contribution in [0.5, 0.6) is 0 Å². The quantitative estimate of drug-likeness (QED) is 0.910. The Hall–Kier alpha value is -2.41. The summed E-state index contributed by atoms with van der Waals surface area (Å²) < 4.78 is 5.26. The molecule has 2 N–H and O–H groups in total. The summed E-state index contributed by atoms with van der Waals surface area (Å²) in [5.41, 5.74) is 6.65. The number of aromatic nitrogens is 1. The maximum Gasteiger partial charge on any atom is 0.293 e. The third-order valence-corrected chi connectivity index (χ3v) is 4.53. The SMILES string of the molecule is CCN(CC)C(=O)[C@@H]1C[C@H](N)CN1C(=O)c1onc2ccccc12. The van der Waals surface area contributed by atoms with E-state index in [1.165, 1.54) is 4.90 Å². The van der Waals surface area contributed by atoms with E-state index in [9.17, 15) is 9.59 Å². The van der Waals surface area contributed by atoms with Crippen LogP contribution in [0, 0.1) is 0 Å². The Balaban J connectivity index is 1.91. The second-order valence-electron chi connectivity index (χ2n) is 6.01. The fraction of sp³-hybridized carbons (Fsp3) is 0.471. The van der Waals surface area contributed by atoms with E-state index in [1.54, 1.807) is 17.0 Å². The van der Waals surface area contributed by atoms with Gasteiger partial charge >= 0.3 is 0 Å². The Morgan fingerprint density at radius 2 is 2.04 bits per heavy atom. The number of carbonyl (C=O) groups is 2. The number of hydrogen-bond donors (Lipinski definition) is 1. The molecule has 0 aliphatic carbocycles. The lowest BCUT2D eigenvalue weighted by molar-refractivity contribution is -0.134. The van der Waals surface area contributed by atoms with Gasteiger partial charge in [-0.1, -0.05) is 17.3 Å². The fourth-order valence-electron chi connectivity index (χ4n) is 3.25. The maximum atomic E-state index is 12.9. The molecule has 24 heavy (non-hydrogen) atoms. The highest BCUT2D eigenvalue weighted by atomic mass is 16.5. The van der Waals surface area contributed by atoms with Crippen LogP contribution in [0.3, 0.4) is 0 Å². The van der Waals surface area contributed by atoms with Gasteiger partial charge in [0.2, 0.25) is 11.7 Å². The normalized spacial score (nSPS) is 20.5. The van der Waals surface area contributed by atoms with Gasteiger partial charge in [-0.2, -0.15) is 0 Å². The highest BCUT2D eigenvalue weighted by Crippen LogP contribution is 2.25. The highest BCUT2D eigenvalue weighted by molar-refractivity contribution is 6.05. The topological polar surface area (TPSA) is 92.7 Å². The molecule has 2 atom stereocenters. The lowest BCUT2D eigenvalue weighted by Gasteiger charge is -2.28. The van der Waals surface area contributed by atoms with E-state index in [1.807, 2.05) is 26.0 Å². The van der Waals surface area contributed by atoms with E-state index >= 15 is 0 Å². The van der Waals surface area contributed by atoms with Crippen molar-refractivity contribution < 1.29 is 14.1 Å². The van der Waals surface area contributed by atoms with Crippen LogP contribution in [-0.2, 0) is 4.79 Å². The van der Waals surface area contributed by atoms with Crippen molar-refractivity contribution in [3.8, 4) is 0 Å². The first-order valence-corrected chi connectivity index (χ1v) is 8.26. The molecule has 0 bridgehead atoms. The summed E-state index contributed by atoms with van der Waals surface area (Å²) in [6, 6.07) is 6.46. The van der Waals surface area contributed by atoms with E-state index in [-0.39, 0.29) is 23.6 Å². The van der Waals surface area contributed by atoms with Gasteiger partial charge in [-0.05, 0) is 32.4 Å². The minimum Gasteiger partial charge on any atom is -0.350 e. The predicted octanol–water partition coefficient (Wildman–Crippen LogP) is 1.24. The highest BCUT2D eigenvalue weighted by Gasteiger charge is 2.41. The standard InChI is InChI=1S/C17H22N4O3/c1-3-20(4-2)16(22)14-9-11(18)10-21(14)17(23)15-12-7-5-6-8-13(12)19-24-15/h5-8,11,14H,3-4,9-10,18H2,1-2H3/t11-,14-/m0/s1. The van der Waals surface area contributed by atoms with Gasteiger partial charge in [0, 0.05) is 25.7 Å². The Kier molecular flexibility index (Phi) is 4.53. The average Bonchev–Trinajstić information content (AvgIpc) is 3.19.